The predicted octanol–water partition coefficient (Wildman–Crippen LogP) is 5.01. The summed E-state index contributed by atoms with van der Waals surface area (Å²) in [4.78, 5) is 2.36. The molecule has 1 rings (SSSR count). The van der Waals surface area contributed by atoms with Crippen molar-refractivity contribution in [2.45, 2.75) is 0 Å². The average molecular weight is 324 g/mol. The van der Waals surface area contributed by atoms with E-state index in [1.165, 1.54) is 34.2 Å². The third-order valence-electron chi connectivity index (χ3n) is 1.63. The Hall–Kier alpha value is -0.480. The van der Waals surface area contributed by atoms with Gasteiger partial charge in [0.05, 0.1) is 0 Å². The smallest absolute Gasteiger partial charge is 0.137 e. The molecular weight excluding hydrogens is 318 g/mol. The maximum Gasteiger partial charge on any atom is 0.137 e. The third kappa shape index (κ3) is 2.75. The lowest BCUT2D eigenvalue weighted by Gasteiger charge is -1.99. The first kappa shape index (κ1) is 11.6. The molecule has 0 saturated carbocycles. The lowest BCUT2D eigenvalue weighted by Crippen LogP contribution is -1.80. The van der Waals surface area contributed by atoms with Crippen molar-refractivity contribution in [3.05, 3.63) is 45.4 Å². The van der Waals surface area contributed by atoms with Gasteiger partial charge in [0, 0.05) is 21.1 Å². The molecule has 74 valence electrons. The number of hydrogen-bond donors (Lipinski definition) is 0. The maximum atomic E-state index is 13.0. The van der Waals surface area contributed by atoms with Crippen molar-refractivity contribution in [2.75, 3.05) is 0 Å². The van der Waals surface area contributed by atoms with Crippen LogP contribution < -0.4 is 0 Å². The van der Waals surface area contributed by atoms with Crippen molar-refractivity contribution in [3.8, 4) is 0 Å². The van der Waals surface area contributed by atoms with Crippen LogP contribution >= 0.6 is 31.9 Å². The van der Waals surface area contributed by atoms with E-state index < -0.39 is 0 Å². The Morgan fingerprint density at radius 3 is 1.36 bits per heavy atom. The highest BCUT2D eigenvalue weighted by Crippen LogP contribution is 2.22. The van der Waals surface area contributed by atoms with Crippen molar-refractivity contribution >= 4 is 43.5 Å². The van der Waals surface area contributed by atoms with Crippen LogP contribution in [0.1, 0.15) is 11.1 Å². The quantitative estimate of drug-likeness (QED) is 0.717. The Kier molecular flexibility index (Phi) is 4.48. The van der Waals surface area contributed by atoms with Crippen LogP contribution in [0.2, 0.25) is 0 Å². The molecule has 0 aromatic heterocycles. The molecular formula is C10H6Br2F2. The summed E-state index contributed by atoms with van der Waals surface area (Å²) in [5, 5.41) is 0. The van der Waals surface area contributed by atoms with Crippen LogP contribution in [0, 0.1) is 0 Å². The minimum absolute atomic E-state index is 0.389. The first-order valence-corrected chi connectivity index (χ1v) is 5.54. The lowest BCUT2D eigenvalue weighted by molar-refractivity contribution is 0.758. The molecule has 0 atom stereocenters. The van der Waals surface area contributed by atoms with Gasteiger partial charge in [0.25, 0.3) is 0 Å². The second kappa shape index (κ2) is 5.41. The van der Waals surface area contributed by atoms with Crippen molar-refractivity contribution in [1.29, 1.82) is 0 Å². The first-order valence-electron chi connectivity index (χ1n) is 3.71. The number of hydrogen-bond acceptors (Lipinski definition) is 0. The molecule has 0 spiro atoms. The Morgan fingerprint density at radius 1 is 0.857 bits per heavy atom. The summed E-state index contributed by atoms with van der Waals surface area (Å²) in [5.41, 5.74) is 0.820. The van der Waals surface area contributed by atoms with Crippen LogP contribution in [0.25, 0.3) is 11.7 Å². The van der Waals surface area contributed by atoms with E-state index in [4.69, 9.17) is 0 Å². The van der Waals surface area contributed by atoms with E-state index in [2.05, 4.69) is 31.9 Å². The largest absolute Gasteiger partial charge is 0.206 e. The molecule has 4 heteroatoms. The van der Waals surface area contributed by atoms with Gasteiger partial charge in [0.1, 0.15) is 11.7 Å². The summed E-state index contributed by atoms with van der Waals surface area (Å²) in [6, 6.07) is 6.05. The van der Waals surface area contributed by atoms with E-state index in [1.54, 1.807) is 0 Å². The minimum atomic E-state index is -0.389. The van der Waals surface area contributed by atoms with Crippen LogP contribution in [0.4, 0.5) is 8.78 Å². The van der Waals surface area contributed by atoms with E-state index in [9.17, 15) is 8.78 Å². The Balaban J connectivity index is 3.01. The van der Waals surface area contributed by atoms with Crippen molar-refractivity contribution in [2.24, 2.45) is 0 Å². The molecule has 0 aliphatic carbocycles. The lowest BCUT2D eigenvalue weighted by atomic mass is 10.1. The summed E-state index contributed by atoms with van der Waals surface area (Å²) in [6.45, 7) is 0. The zero-order valence-electron chi connectivity index (χ0n) is 6.98. The van der Waals surface area contributed by atoms with Gasteiger partial charge >= 0.3 is 0 Å². The monoisotopic (exact) mass is 322 g/mol. The molecule has 0 aliphatic rings. The highest BCUT2D eigenvalue weighted by atomic mass is 79.9. The third-order valence-corrected chi connectivity index (χ3v) is 2.43. The maximum absolute atomic E-state index is 13.0. The fraction of sp³-hybridized carbons (Fsp3) is 0. The van der Waals surface area contributed by atoms with Gasteiger partial charge < -0.3 is 0 Å². The van der Waals surface area contributed by atoms with E-state index in [0.29, 0.717) is 11.1 Å². The van der Waals surface area contributed by atoms with E-state index >= 15 is 0 Å². The SMILES string of the molecule is F/C(=C\Br)c1ccc(/C(F)=C/Br)cc1. The summed E-state index contributed by atoms with van der Waals surface area (Å²) < 4.78 is 26.0. The molecule has 0 heterocycles. The Morgan fingerprint density at radius 2 is 1.14 bits per heavy atom. The first-order chi connectivity index (χ1) is 6.69. The molecule has 0 amide bonds. The van der Waals surface area contributed by atoms with Gasteiger partial charge in [0.2, 0.25) is 0 Å². The molecule has 0 radical (unpaired) electrons. The van der Waals surface area contributed by atoms with Gasteiger partial charge in [-0.25, -0.2) is 8.78 Å². The zero-order chi connectivity index (χ0) is 10.6. The molecule has 1 aromatic carbocycles. The normalized spacial score (nSPS) is 13.1. The van der Waals surface area contributed by atoms with Crippen LogP contribution in [0.5, 0.6) is 0 Å². The number of benzene rings is 1. The molecule has 0 fully saturated rings. The molecule has 0 unspecified atom stereocenters. The fourth-order valence-corrected chi connectivity index (χ4v) is 1.44. The molecule has 14 heavy (non-hydrogen) atoms. The molecule has 0 saturated heterocycles. The average Bonchev–Trinajstić information content (AvgIpc) is 2.27. The summed E-state index contributed by atoms with van der Waals surface area (Å²) in [7, 11) is 0. The van der Waals surface area contributed by atoms with Crippen molar-refractivity contribution in [1.82, 2.24) is 0 Å². The van der Waals surface area contributed by atoms with Gasteiger partial charge in [-0.05, 0) is 0 Å². The van der Waals surface area contributed by atoms with Gasteiger partial charge in [-0.2, -0.15) is 0 Å². The molecule has 0 bridgehead atoms. The summed E-state index contributed by atoms with van der Waals surface area (Å²) in [5.74, 6) is -0.778. The fourth-order valence-electron chi connectivity index (χ4n) is 0.915. The van der Waals surface area contributed by atoms with Gasteiger partial charge in [0.15, 0.2) is 0 Å². The second-order valence-corrected chi connectivity index (χ2v) is 3.41. The second-order valence-electron chi connectivity index (χ2n) is 2.49. The topological polar surface area (TPSA) is 0 Å². The molecule has 0 N–H and O–H groups in total. The number of halogens is 4. The highest BCUT2D eigenvalue weighted by molar-refractivity contribution is 9.11. The molecule has 0 aliphatic heterocycles. The summed E-state index contributed by atoms with van der Waals surface area (Å²) in [6.07, 6.45) is 0. The van der Waals surface area contributed by atoms with Crippen molar-refractivity contribution < 1.29 is 8.78 Å². The minimum Gasteiger partial charge on any atom is -0.206 e. The highest BCUT2D eigenvalue weighted by Gasteiger charge is 2.02. The zero-order valence-corrected chi connectivity index (χ0v) is 10.1. The number of rotatable bonds is 2. The molecule has 1 aromatic rings. The summed E-state index contributed by atoms with van der Waals surface area (Å²) >= 11 is 5.77. The van der Waals surface area contributed by atoms with E-state index in [1.807, 2.05) is 0 Å². The van der Waals surface area contributed by atoms with Gasteiger partial charge in [-0.1, -0.05) is 56.1 Å². The van der Waals surface area contributed by atoms with E-state index in [0.717, 1.165) is 0 Å². The van der Waals surface area contributed by atoms with Gasteiger partial charge in [-0.3, -0.25) is 0 Å². The standard InChI is InChI=1S/C10H6Br2F2/c11-5-9(13)7-1-2-8(4-3-7)10(14)6-12/h1-6H/b9-5-,10-6-. The van der Waals surface area contributed by atoms with Crippen molar-refractivity contribution in [3.63, 3.8) is 0 Å². The van der Waals surface area contributed by atoms with Crippen LogP contribution in [-0.2, 0) is 0 Å². The Bertz CT molecular complexity index is 329. The van der Waals surface area contributed by atoms with Gasteiger partial charge in [-0.15, -0.1) is 0 Å². The van der Waals surface area contributed by atoms with Crippen LogP contribution in [0.3, 0.4) is 0 Å². The predicted molar refractivity (Wildman–Crippen MR) is 62.5 cm³/mol. The molecule has 0 nitrogen and oxygen atoms in total. The van der Waals surface area contributed by atoms with Crippen LogP contribution in [0.15, 0.2) is 34.2 Å². The van der Waals surface area contributed by atoms with E-state index in [-0.39, 0.29) is 11.7 Å². The van der Waals surface area contributed by atoms with Crippen LogP contribution in [-0.4, -0.2) is 0 Å². The Labute approximate surface area is 97.6 Å².